The molecule has 23 heavy (non-hydrogen) atoms. The minimum Gasteiger partial charge on any atom is -0.383 e. The largest absolute Gasteiger partial charge is 0.414 e. The van der Waals surface area contributed by atoms with Crippen LogP contribution in [0.4, 0.5) is 13.2 Å². The summed E-state index contributed by atoms with van der Waals surface area (Å²) in [5.74, 6) is -0.272. The molecule has 0 aromatic heterocycles. The lowest BCUT2D eigenvalue weighted by Crippen LogP contribution is -2.47. The molecule has 0 radical (unpaired) electrons. The molecular formula is C16H29F3N2O2. The van der Waals surface area contributed by atoms with E-state index < -0.39 is 18.2 Å². The molecule has 0 aromatic carbocycles. The monoisotopic (exact) mass is 338 g/mol. The number of likely N-dealkylation sites (N-methyl/N-ethyl adjacent to an activating group) is 1. The number of halogens is 3. The van der Waals surface area contributed by atoms with Crippen LogP contribution in [-0.2, 0) is 4.79 Å². The molecule has 1 N–H and O–H groups in total. The Morgan fingerprint density at radius 3 is 2.22 bits per heavy atom. The van der Waals surface area contributed by atoms with Gasteiger partial charge in [0.25, 0.3) is 0 Å². The van der Waals surface area contributed by atoms with Gasteiger partial charge < -0.3 is 10.0 Å². The van der Waals surface area contributed by atoms with Gasteiger partial charge in [0, 0.05) is 13.1 Å². The summed E-state index contributed by atoms with van der Waals surface area (Å²) < 4.78 is 37.5. The number of carbonyl (C=O) groups is 1. The minimum absolute atomic E-state index is 0.00651. The number of rotatable bonds is 6. The van der Waals surface area contributed by atoms with Crippen LogP contribution in [0.15, 0.2) is 0 Å². The van der Waals surface area contributed by atoms with Gasteiger partial charge in [0.15, 0.2) is 6.10 Å². The Labute approximate surface area is 136 Å². The van der Waals surface area contributed by atoms with Crippen molar-refractivity contribution < 1.29 is 23.1 Å². The summed E-state index contributed by atoms with van der Waals surface area (Å²) in [6, 6.07) is 0.145. The summed E-state index contributed by atoms with van der Waals surface area (Å²) >= 11 is 0. The van der Waals surface area contributed by atoms with Crippen molar-refractivity contribution in [3.8, 4) is 0 Å². The lowest BCUT2D eigenvalue weighted by molar-refractivity contribution is -0.223. The summed E-state index contributed by atoms with van der Waals surface area (Å²) in [6.45, 7) is 7.26. The minimum atomic E-state index is -4.56. The van der Waals surface area contributed by atoms with Crippen LogP contribution in [0.3, 0.4) is 0 Å². The molecule has 1 heterocycles. The summed E-state index contributed by atoms with van der Waals surface area (Å²) in [5, 5.41) is 9.30. The normalized spacial score (nSPS) is 20.6. The number of amides is 1. The number of nitrogens with zero attached hydrogens (tertiary/aromatic N) is 2. The van der Waals surface area contributed by atoms with Gasteiger partial charge >= 0.3 is 6.18 Å². The van der Waals surface area contributed by atoms with Crippen LogP contribution in [0.5, 0.6) is 0 Å². The highest BCUT2D eigenvalue weighted by Crippen LogP contribution is 2.31. The van der Waals surface area contributed by atoms with Gasteiger partial charge in [0.1, 0.15) is 0 Å². The van der Waals surface area contributed by atoms with Crippen molar-refractivity contribution in [2.75, 3.05) is 26.7 Å². The molecule has 1 fully saturated rings. The fraction of sp³-hybridized carbons (Fsp3) is 0.938. The Bertz CT molecular complexity index is 380. The van der Waals surface area contributed by atoms with Crippen molar-refractivity contribution in [3.05, 3.63) is 0 Å². The molecule has 2 unspecified atom stereocenters. The second-order valence-corrected chi connectivity index (χ2v) is 7.08. The molecule has 7 heteroatoms. The Morgan fingerprint density at radius 1 is 1.26 bits per heavy atom. The standard InChI is InChI=1S/C16H29F3N2O2/c1-11(2)9-12(3)20(4)14(22)10-21-7-5-13(6-8-21)15(23)16(17,18)19/h11-13,15,23H,5-10H2,1-4H3. The first kappa shape index (κ1) is 20.2. The highest BCUT2D eigenvalue weighted by atomic mass is 19.4. The van der Waals surface area contributed by atoms with E-state index in [9.17, 15) is 23.1 Å². The summed E-state index contributed by atoms with van der Waals surface area (Å²) in [4.78, 5) is 15.9. The van der Waals surface area contributed by atoms with Crippen LogP contribution in [0, 0.1) is 11.8 Å². The highest BCUT2D eigenvalue weighted by Gasteiger charge is 2.44. The molecule has 0 saturated carbocycles. The van der Waals surface area contributed by atoms with Crippen LogP contribution in [0.25, 0.3) is 0 Å². The molecule has 0 spiro atoms. The van der Waals surface area contributed by atoms with Crippen molar-refractivity contribution in [3.63, 3.8) is 0 Å². The van der Waals surface area contributed by atoms with Crippen LogP contribution in [0.1, 0.15) is 40.0 Å². The van der Waals surface area contributed by atoms with E-state index in [1.54, 1.807) is 11.9 Å². The van der Waals surface area contributed by atoms with Crippen LogP contribution in [0.2, 0.25) is 0 Å². The third-order valence-corrected chi connectivity index (χ3v) is 4.64. The van der Waals surface area contributed by atoms with Gasteiger partial charge in [-0.25, -0.2) is 0 Å². The van der Waals surface area contributed by atoms with Crippen molar-refractivity contribution in [1.29, 1.82) is 0 Å². The number of aliphatic hydroxyl groups excluding tert-OH is 1. The first-order valence-corrected chi connectivity index (χ1v) is 8.25. The zero-order valence-electron chi connectivity index (χ0n) is 14.4. The quantitative estimate of drug-likeness (QED) is 0.809. The third kappa shape index (κ3) is 6.30. The summed E-state index contributed by atoms with van der Waals surface area (Å²) in [6.07, 6.45) is -5.37. The summed E-state index contributed by atoms with van der Waals surface area (Å²) in [5.41, 5.74) is 0. The Kier molecular flexibility index (Phi) is 7.32. The first-order chi connectivity index (χ1) is 10.5. The average molecular weight is 338 g/mol. The smallest absolute Gasteiger partial charge is 0.383 e. The zero-order chi connectivity index (χ0) is 17.8. The SMILES string of the molecule is CC(C)CC(C)N(C)C(=O)CN1CCC(C(O)C(F)(F)F)CC1. The third-order valence-electron chi connectivity index (χ3n) is 4.64. The van der Waals surface area contributed by atoms with Gasteiger partial charge in [-0.2, -0.15) is 13.2 Å². The molecular weight excluding hydrogens is 309 g/mol. The predicted molar refractivity (Wildman–Crippen MR) is 82.9 cm³/mol. The van der Waals surface area contributed by atoms with E-state index in [-0.39, 0.29) is 31.3 Å². The van der Waals surface area contributed by atoms with E-state index in [2.05, 4.69) is 13.8 Å². The lowest BCUT2D eigenvalue weighted by Gasteiger charge is -2.35. The van der Waals surface area contributed by atoms with Gasteiger partial charge in [-0.1, -0.05) is 13.8 Å². The van der Waals surface area contributed by atoms with Crippen LogP contribution >= 0.6 is 0 Å². The van der Waals surface area contributed by atoms with Crippen LogP contribution < -0.4 is 0 Å². The van der Waals surface area contributed by atoms with E-state index in [1.165, 1.54) is 0 Å². The molecule has 2 atom stereocenters. The maximum absolute atomic E-state index is 12.5. The second kappa shape index (κ2) is 8.33. The number of hydrogen-bond acceptors (Lipinski definition) is 3. The predicted octanol–water partition coefficient (Wildman–Crippen LogP) is 2.51. The first-order valence-electron chi connectivity index (χ1n) is 8.25. The molecule has 1 aliphatic rings. The number of hydrogen-bond donors (Lipinski definition) is 1. The van der Waals surface area contributed by atoms with Crippen molar-refractivity contribution in [2.24, 2.45) is 11.8 Å². The van der Waals surface area contributed by atoms with Gasteiger partial charge in [-0.3, -0.25) is 9.69 Å². The van der Waals surface area contributed by atoms with Gasteiger partial charge in [0.05, 0.1) is 6.54 Å². The van der Waals surface area contributed by atoms with Gasteiger partial charge in [-0.15, -0.1) is 0 Å². The maximum Gasteiger partial charge on any atom is 0.414 e. The molecule has 1 saturated heterocycles. The topological polar surface area (TPSA) is 43.8 Å². The molecule has 1 aliphatic heterocycles. The van der Waals surface area contributed by atoms with Gasteiger partial charge in [0.2, 0.25) is 5.91 Å². The fourth-order valence-electron chi connectivity index (χ4n) is 3.08. The summed E-state index contributed by atoms with van der Waals surface area (Å²) in [7, 11) is 1.77. The van der Waals surface area contributed by atoms with E-state index in [0.29, 0.717) is 19.0 Å². The van der Waals surface area contributed by atoms with E-state index >= 15 is 0 Å². The number of carbonyl (C=O) groups excluding carboxylic acids is 1. The Hall–Kier alpha value is -0.820. The van der Waals surface area contributed by atoms with Gasteiger partial charge in [-0.05, 0) is 51.1 Å². The second-order valence-electron chi connectivity index (χ2n) is 7.08. The number of alkyl halides is 3. The van der Waals surface area contributed by atoms with Crippen molar-refractivity contribution >= 4 is 5.91 Å². The average Bonchev–Trinajstić information content (AvgIpc) is 2.44. The zero-order valence-corrected chi connectivity index (χ0v) is 14.4. The van der Waals surface area contributed by atoms with Crippen molar-refractivity contribution in [1.82, 2.24) is 9.80 Å². The molecule has 0 aromatic rings. The van der Waals surface area contributed by atoms with E-state index in [4.69, 9.17) is 0 Å². The molecule has 0 bridgehead atoms. The van der Waals surface area contributed by atoms with E-state index in [0.717, 1.165) is 6.42 Å². The maximum atomic E-state index is 12.5. The number of aliphatic hydroxyl groups is 1. The molecule has 0 aliphatic carbocycles. The highest BCUT2D eigenvalue weighted by molar-refractivity contribution is 5.78. The van der Waals surface area contributed by atoms with Crippen molar-refractivity contribution in [2.45, 2.75) is 58.4 Å². The molecule has 4 nitrogen and oxygen atoms in total. The Morgan fingerprint density at radius 2 is 1.78 bits per heavy atom. The fourth-order valence-corrected chi connectivity index (χ4v) is 3.08. The van der Waals surface area contributed by atoms with Crippen LogP contribution in [-0.4, -0.2) is 65.8 Å². The molecule has 136 valence electrons. The number of piperidine rings is 1. The lowest BCUT2D eigenvalue weighted by atomic mass is 9.91. The van der Waals surface area contributed by atoms with E-state index in [1.807, 2.05) is 11.8 Å². The molecule has 1 rings (SSSR count). The Balaban J connectivity index is 2.42. The number of likely N-dealkylation sites (tertiary alicyclic amines) is 1. The molecule has 1 amide bonds.